The van der Waals surface area contributed by atoms with Crippen molar-refractivity contribution in [3.8, 4) is 0 Å². The maximum absolute atomic E-state index is 12.8. The summed E-state index contributed by atoms with van der Waals surface area (Å²) in [4.78, 5) is 27.2. The number of hydrogen-bond donors (Lipinski definition) is 1. The lowest BCUT2D eigenvalue weighted by Gasteiger charge is -2.19. The molecule has 8 heteroatoms. The number of amides is 1. The number of aromatic nitrogens is 3. The molecule has 0 radical (unpaired) electrons. The SMILES string of the molecule is CCOC(=O)c1nnn(Cc2ccccc2)c1NC(=O)CN1CCc2ccccc21. The van der Waals surface area contributed by atoms with Crippen LogP contribution in [0.5, 0.6) is 0 Å². The molecule has 0 spiro atoms. The van der Waals surface area contributed by atoms with Gasteiger partial charge in [0.15, 0.2) is 5.82 Å². The second kappa shape index (κ2) is 8.77. The topological polar surface area (TPSA) is 89.3 Å². The van der Waals surface area contributed by atoms with E-state index in [1.165, 1.54) is 10.2 Å². The molecule has 4 rings (SSSR count). The van der Waals surface area contributed by atoms with Gasteiger partial charge in [-0.1, -0.05) is 53.7 Å². The standard InChI is InChI=1S/C22H23N5O3/c1-2-30-22(29)20-21(27(25-24-20)14-16-8-4-3-5-9-16)23-19(28)15-26-13-12-17-10-6-7-11-18(17)26/h3-11H,2,12-15H2,1H3,(H,23,28). The van der Waals surface area contributed by atoms with E-state index >= 15 is 0 Å². The predicted molar refractivity (Wildman–Crippen MR) is 113 cm³/mol. The van der Waals surface area contributed by atoms with Crippen molar-refractivity contribution in [2.75, 3.05) is 29.9 Å². The number of nitrogens with one attached hydrogen (secondary N) is 1. The number of fused-ring (bicyclic) bond motifs is 1. The lowest BCUT2D eigenvalue weighted by molar-refractivity contribution is -0.115. The summed E-state index contributed by atoms with van der Waals surface area (Å²) in [6, 6.07) is 17.7. The molecular formula is C22H23N5O3. The molecule has 8 nitrogen and oxygen atoms in total. The van der Waals surface area contributed by atoms with Gasteiger partial charge in [0.1, 0.15) is 0 Å². The number of carbonyl (C=O) groups is 2. The van der Waals surface area contributed by atoms with E-state index in [-0.39, 0.29) is 30.6 Å². The quantitative estimate of drug-likeness (QED) is 0.608. The van der Waals surface area contributed by atoms with Gasteiger partial charge in [0, 0.05) is 12.2 Å². The van der Waals surface area contributed by atoms with Gasteiger partial charge in [0.05, 0.1) is 19.7 Å². The van der Waals surface area contributed by atoms with E-state index in [1.54, 1.807) is 6.92 Å². The molecule has 0 atom stereocenters. The molecule has 0 bridgehead atoms. The van der Waals surface area contributed by atoms with E-state index in [2.05, 4.69) is 21.7 Å². The molecular weight excluding hydrogens is 382 g/mol. The first-order valence-electron chi connectivity index (χ1n) is 9.93. The Kier molecular flexibility index (Phi) is 5.74. The van der Waals surface area contributed by atoms with E-state index in [4.69, 9.17) is 4.74 Å². The highest BCUT2D eigenvalue weighted by Gasteiger charge is 2.25. The predicted octanol–water partition coefficient (Wildman–Crippen LogP) is 2.50. The first kappa shape index (κ1) is 19.6. The molecule has 0 saturated carbocycles. The second-order valence-electron chi connectivity index (χ2n) is 7.00. The van der Waals surface area contributed by atoms with Crippen LogP contribution in [0.25, 0.3) is 0 Å². The van der Waals surface area contributed by atoms with Gasteiger partial charge < -0.3 is 15.0 Å². The highest BCUT2D eigenvalue weighted by Crippen LogP contribution is 2.27. The summed E-state index contributed by atoms with van der Waals surface area (Å²) < 4.78 is 6.59. The summed E-state index contributed by atoms with van der Waals surface area (Å²) >= 11 is 0. The van der Waals surface area contributed by atoms with Crippen LogP contribution < -0.4 is 10.2 Å². The lowest BCUT2D eigenvalue weighted by Crippen LogP contribution is -2.33. The fraction of sp³-hybridized carbons (Fsp3) is 0.273. The molecule has 1 N–H and O–H groups in total. The molecule has 0 aliphatic carbocycles. The third-order valence-electron chi connectivity index (χ3n) is 4.95. The zero-order valence-electron chi connectivity index (χ0n) is 16.7. The number of rotatable bonds is 7. The van der Waals surface area contributed by atoms with Crippen LogP contribution in [0, 0.1) is 0 Å². The zero-order chi connectivity index (χ0) is 20.9. The van der Waals surface area contributed by atoms with Gasteiger partial charge in [-0.15, -0.1) is 5.10 Å². The van der Waals surface area contributed by atoms with Crippen molar-refractivity contribution in [2.45, 2.75) is 19.9 Å². The molecule has 1 aliphatic heterocycles. The Morgan fingerprint density at radius 3 is 2.67 bits per heavy atom. The number of ether oxygens (including phenoxy) is 1. The number of esters is 1. The molecule has 0 saturated heterocycles. The molecule has 154 valence electrons. The second-order valence-corrected chi connectivity index (χ2v) is 7.00. The summed E-state index contributed by atoms with van der Waals surface area (Å²) in [6.45, 7) is 3.25. The summed E-state index contributed by atoms with van der Waals surface area (Å²) in [7, 11) is 0. The molecule has 2 aromatic carbocycles. The van der Waals surface area contributed by atoms with Gasteiger partial charge in [-0.2, -0.15) is 0 Å². The third kappa shape index (κ3) is 4.17. The van der Waals surface area contributed by atoms with Crippen molar-refractivity contribution in [3.63, 3.8) is 0 Å². The van der Waals surface area contributed by atoms with Gasteiger partial charge in [-0.25, -0.2) is 9.48 Å². The monoisotopic (exact) mass is 405 g/mol. The Bertz CT molecular complexity index is 1050. The van der Waals surface area contributed by atoms with E-state index in [9.17, 15) is 9.59 Å². The van der Waals surface area contributed by atoms with Gasteiger partial charge >= 0.3 is 5.97 Å². The van der Waals surface area contributed by atoms with Crippen molar-refractivity contribution in [2.24, 2.45) is 0 Å². The fourth-order valence-electron chi connectivity index (χ4n) is 3.56. The minimum atomic E-state index is -0.612. The van der Waals surface area contributed by atoms with E-state index in [1.807, 2.05) is 53.4 Å². The molecule has 3 aromatic rings. The molecule has 2 heterocycles. The van der Waals surface area contributed by atoms with E-state index < -0.39 is 5.97 Å². The normalized spacial score (nSPS) is 12.5. The van der Waals surface area contributed by atoms with Crippen LogP contribution in [0.1, 0.15) is 28.5 Å². The minimum absolute atomic E-state index is 0.00273. The van der Waals surface area contributed by atoms with Gasteiger partial charge in [0.2, 0.25) is 11.6 Å². The minimum Gasteiger partial charge on any atom is -0.461 e. The largest absolute Gasteiger partial charge is 0.461 e. The van der Waals surface area contributed by atoms with Crippen LogP contribution >= 0.6 is 0 Å². The smallest absolute Gasteiger partial charge is 0.362 e. The Morgan fingerprint density at radius 1 is 1.10 bits per heavy atom. The molecule has 1 amide bonds. The van der Waals surface area contributed by atoms with Gasteiger partial charge in [0.25, 0.3) is 0 Å². The fourth-order valence-corrected chi connectivity index (χ4v) is 3.56. The maximum Gasteiger partial charge on any atom is 0.362 e. The highest BCUT2D eigenvalue weighted by atomic mass is 16.5. The highest BCUT2D eigenvalue weighted by molar-refractivity contribution is 6.00. The maximum atomic E-state index is 12.8. The molecule has 30 heavy (non-hydrogen) atoms. The average Bonchev–Trinajstić information content (AvgIpc) is 3.34. The number of hydrogen-bond acceptors (Lipinski definition) is 6. The molecule has 1 aromatic heterocycles. The number of para-hydroxylation sites is 1. The summed E-state index contributed by atoms with van der Waals surface area (Å²) in [5.41, 5.74) is 3.27. The summed E-state index contributed by atoms with van der Waals surface area (Å²) in [5, 5.41) is 10.9. The molecule has 0 unspecified atom stereocenters. The van der Waals surface area contributed by atoms with Crippen LogP contribution in [0.15, 0.2) is 54.6 Å². The van der Waals surface area contributed by atoms with Crippen molar-refractivity contribution >= 4 is 23.4 Å². The van der Waals surface area contributed by atoms with Crippen molar-refractivity contribution in [1.29, 1.82) is 0 Å². The van der Waals surface area contributed by atoms with Crippen molar-refractivity contribution in [1.82, 2.24) is 15.0 Å². The first-order chi connectivity index (χ1) is 14.7. The Hall–Kier alpha value is -3.68. The lowest BCUT2D eigenvalue weighted by atomic mass is 10.2. The van der Waals surface area contributed by atoms with Crippen LogP contribution in [0.3, 0.4) is 0 Å². The summed E-state index contributed by atoms with van der Waals surface area (Å²) in [6.07, 6.45) is 0.908. The van der Waals surface area contributed by atoms with Gasteiger partial charge in [-0.3, -0.25) is 4.79 Å². The number of carbonyl (C=O) groups excluding carboxylic acids is 2. The van der Waals surface area contributed by atoms with E-state index in [0.29, 0.717) is 6.54 Å². The first-order valence-corrected chi connectivity index (χ1v) is 9.93. The van der Waals surface area contributed by atoms with Crippen LogP contribution in [-0.4, -0.2) is 46.6 Å². The van der Waals surface area contributed by atoms with Crippen molar-refractivity contribution in [3.05, 3.63) is 71.4 Å². The Balaban J connectivity index is 1.54. The van der Waals surface area contributed by atoms with Crippen LogP contribution in [0.2, 0.25) is 0 Å². The zero-order valence-corrected chi connectivity index (χ0v) is 16.7. The summed E-state index contributed by atoms with van der Waals surface area (Å²) in [5.74, 6) is -0.609. The molecule has 0 fully saturated rings. The Labute approximate surface area is 174 Å². The average molecular weight is 405 g/mol. The number of nitrogens with zero attached hydrogens (tertiary/aromatic N) is 4. The number of benzene rings is 2. The third-order valence-corrected chi connectivity index (χ3v) is 4.95. The van der Waals surface area contributed by atoms with Crippen LogP contribution in [-0.2, 0) is 22.5 Å². The van der Waals surface area contributed by atoms with Gasteiger partial charge in [-0.05, 0) is 30.5 Å². The van der Waals surface area contributed by atoms with Crippen molar-refractivity contribution < 1.29 is 14.3 Å². The molecule has 1 aliphatic rings. The van der Waals surface area contributed by atoms with Crippen LogP contribution in [0.4, 0.5) is 11.5 Å². The van der Waals surface area contributed by atoms with E-state index in [0.717, 1.165) is 24.2 Å². The number of anilines is 2. The Morgan fingerprint density at radius 2 is 1.87 bits per heavy atom.